The van der Waals surface area contributed by atoms with Gasteiger partial charge in [0.15, 0.2) is 0 Å². The first-order valence-corrected chi connectivity index (χ1v) is 8.02. The van der Waals surface area contributed by atoms with Gasteiger partial charge in [-0.2, -0.15) is 5.10 Å². The van der Waals surface area contributed by atoms with E-state index < -0.39 is 0 Å². The maximum absolute atomic E-state index is 4.95. The summed E-state index contributed by atoms with van der Waals surface area (Å²) in [5.74, 6) is 0.891. The van der Waals surface area contributed by atoms with Crippen LogP contribution in [0.1, 0.15) is 76.4 Å². The minimum absolute atomic E-state index is 0.388. The molecule has 0 atom stereocenters. The summed E-state index contributed by atoms with van der Waals surface area (Å²) < 4.78 is 2.22. The van der Waals surface area contributed by atoms with Gasteiger partial charge in [-0.15, -0.1) is 0 Å². The molecule has 2 heteroatoms. The van der Waals surface area contributed by atoms with E-state index in [1.807, 2.05) is 0 Å². The molecular weight excluding hydrogens is 256 g/mol. The lowest BCUT2D eigenvalue weighted by Gasteiger charge is -2.16. The maximum atomic E-state index is 4.95. The Morgan fingerprint density at radius 3 is 1.86 bits per heavy atom. The van der Waals surface area contributed by atoms with E-state index in [0.29, 0.717) is 17.9 Å². The van der Waals surface area contributed by atoms with Gasteiger partial charge in [-0.05, 0) is 38.2 Å². The molecule has 2 aromatic rings. The molecule has 1 aromatic heterocycles. The van der Waals surface area contributed by atoms with Crippen LogP contribution in [0.15, 0.2) is 24.3 Å². The first kappa shape index (κ1) is 15.8. The van der Waals surface area contributed by atoms with Gasteiger partial charge in [-0.3, -0.25) is 4.68 Å². The molecule has 0 N–H and O–H groups in total. The normalized spacial score (nSPS) is 11.9. The van der Waals surface area contributed by atoms with Crippen molar-refractivity contribution in [2.24, 2.45) is 0 Å². The summed E-state index contributed by atoms with van der Waals surface area (Å²) in [6.07, 6.45) is 0. The Balaban J connectivity index is 2.74. The first-order valence-electron chi connectivity index (χ1n) is 8.02. The molecule has 0 unspecified atom stereocenters. The Morgan fingerprint density at radius 1 is 0.857 bits per heavy atom. The van der Waals surface area contributed by atoms with E-state index in [1.54, 1.807) is 0 Å². The van der Waals surface area contributed by atoms with Gasteiger partial charge >= 0.3 is 0 Å². The molecule has 0 bridgehead atoms. The number of rotatable bonds is 4. The fourth-order valence-electron chi connectivity index (χ4n) is 2.83. The van der Waals surface area contributed by atoms with Crippen molar-refractivity contribution in [2.45, 2.75) is 66.3 Å². The van der Waals surface area contributed by atoms with Crippen LogP contribution in [0.5, 0.6) is 0 Å². The second kappa shape index (κ2) is 6.05. The van der Waals surface area contributed by atoms with Crippen LogP contribution in [-0.4, -0.2) is 9.78 Å². The average Bonchev–Trinajstić information content (AvgIpc) is 2.80. The lowest BCUT2D eigenvalue weighted by Crippen LogP contribution is -2.09. The second-order valence-corrected chi connectivity index (χ2v) is 6.86. The predicted molar refractivity (Wildman–Crippen MR) is 91.0 cm³/mol. The van der Waals surface area contributed by atoms with Gasteiger partial charge in [0.05, 0.1) is 5.69 Å². The topological polar surface area (TPSA) is 17.8 Å². The molecular formula is C19H28N2. The van der Waals surface area contributed by atoms with Crippen LogP contribution < -0.4 is 0 Å². The van der Waals surface area contributed by atoms with Gasteiger partial charge in [0, 0.05) is 17.3 Å². The van der Waals surface area contributed by atoms with Gasteiger partial charge in [0.2, 0.25) is 0 Å². The highest BCUT2D eigenvalue weighted by molar-refractivity contribution is 5.70. The summed E-state index contributed by atoms with van der Waals surface area (Å²) in [4.78, 5) is 0. The van der Waals surface area contributed by atoms with E-state index in [-0.39, 0.29) is 0 Å². The van der Waals surface area contributed by atoms with Crippen molar-refractivity contribution < 1.29 is 0 Å². The Labute approximate surface area is 129 Å². The monoisotopic (exact) mass is 284 g/mol. The molecule has 1 aromatic carbocycles. The average molecular weight is 284 g/mol. The van der Waals surface area contributed by atoms with Crippen LogP contribution in [-0.2, 0) is 0 Å². The third-order valence-corrected chi connectivity index (χ3v) is 3.90. The molecule has 0 radical (unpaired) electrons. The number of benzene rings is 1. The smallest absolute Gasteiger partial charge is 0.0731 e. The molecule has 0 saturated heterocycles. The van der Waals surface area contributed by atoms with Crippen LogP contribution in [0, 0.1) is 6.92 Å². The van der Waals surface area contributed by atoms with Gasteiger partial charge in [0.1, 0.15) is 0 Å². The van der Waals surface area contributed by atoms with Gasteiger partial charge < -0.3 is 0 Å². The molecule has 21 heavy (non-hydrogen) atoms. The zero-order valence-corrected chi connectivity index (χ0v) is 14.4. The Kier molecular flexibility index (Phi) is 4.55. The SMILES string of the molecule is Cc1ccc(-c2c(C(C)C)nn(C(C)C)c2C(C)C)cc1. The fraction of sp³-hybridized carbons (Fsp3) is 0.526. The van der Waals surface area contributed by atoms with Crippen LogP contribution in [0.2, 0.25) is 0 Å². The lowest BCUT2D eigenvalue weighted by atomic mass is 9.93. The van der Waals surface area contributed by atoms with Gasteiger partial charge in [0.25, 0.3) is 0 Å². The molecule has 2 rings (SSSR count). The summed E-state index contributed by atoms with van der Waals surface area (Å²) >= 11 is 0. The lowest BCUT2D eigenvalue weighted by molar-refractivity contribution is 0.491. The molecule has 1 heterocycles. The Bertz CT molecular complexity index is 601. The van der Waals surface area contributed by atoms with Crippen molar-refractivity contribution in [3.05, 3.63) is 41.2 Å². The number of aromatic nitrogens is 2. The molecule has 114 valence electrons. The fourth-order valence-corrected chi connectivity index (χ4v) is 2.83. The second-order valence-electron chi connectivity index (χ2n) is 6.86. The summed E-state index contributed by atoms with van der Waals surface area (Å²) in [6.45, 7) is 15.5. The van der Waals surface area contributed by atoms with Crippen LogP contribution in [0.3, 0.4) is 0 Å². The summed E-state index contributed by atoms with van der Waals surface area (Å²) in [6, 6.07) is 9.23. The summed E-state index contributed by atoms with van der Waals surface area (Å²) in [5, 5.41) is 4.95. The first-order chi connectivity index (χ1) is 9.82. The van der Waals surface area contributed by atoms with Crippen molar-refractivity contribution in [3.8, 4) is 11.1 Å². The number of hydrogen-bond donors (Lipinski definition) is 0. The predicted octanol–water partition coefficient (Wildman–Crippen LogP) is 5.69. The molecule has 0 fully saturated rings. The number of hydrogen-bond acceptors (Lipinski definition) is 1. The maximum Gasteiger partial charge on any atom is 0.0731 e. The minimum Gasteiger partial charge on any atom is -0.266 e. The summed E-state index contributed by atoms with van der Waals surface area (Å²) in [5.41, 5.74) is 6.51. The highest BCUT2D eigenvalue weighted by atomic mass is 15.3. The number of aryl methyl sites for hydroxylation is 1. The van der Waals surface area contributed by atoms with Crippen molar-refractivity contribution in [3.63, 3.8) is 0 Å². The highest BCUT2D eigenvalue weighted by Crippen LogP contribution is 2.37. The van der Waals surface area contributed by atoms with Crippen LogP contribution in [0.25, 0.3) is 11.1 Å². The molecule has 0 saturated carbocycles. The van der Waals surface area contributed by atoms with Crippen molar-refractivity contribution >= 4 is 0 Å². The highest BCUT2D eigenvalue weighted by Gasteiger charge is 2.24. The summed E-state index contributed by atoms with van der Waals surface area (Å²) in [7, 11) is 0. The zero-order valence-electron chi connectivity index (χ0n) is 14.4. The van der Waals surface area contributed by atoms with E-state index in [2.05, 4.69) is 77.4 Å². The standard InChI is InChI=1S/C19H28N2/c1-12(2)18-17(16-10-8-15(7)9-11-16)19(13(3)4)21(20-18)14(5)6/h8-14H,1-7H3. The van der Waals surface area contributed by atoms with Crippen molar-refractivity contribution in [1.29, 1.82) is 0 Å². The molecule has 0 amide bonds. The molecule has 2 nitrogen and oxygen atoms in total. The minimum atomic E-state index is 0.388. The zero-order chi connectivity index (χ0) is 15.7. The third-order valence-electron chi connectivity index (χ3n) is 3.90. The van der Waals surface area contributed by atoms with E-state index in [1.165, 1.54) is 28.1 Å². The van der Waals surface area contributed by atoms with Crippen LogP contribution in [0.4, 0.5) is 0 Å². The van der Waals surface area contributed by atoms with Crippen molar-refractivity contribution in [1.82, 2.24) is 9.78 Å². The third kappa shape index (κ3) is 3.04. The Morgan fingerprint density at radius 2 is 1.43 bits per heavy atom. The Hall–Kier alpha value is -1.57. The molecule has 0 aliphatic heterocycles. The van der Waals surface area contributed by atoms with Crippen molar-refractivity contribution in [2.75, 3.05) is 0 Å². The molecule has 0 aliphatic rings. The molecule has 0 aliphatic carbocycles. The van der Waals surface area contributed by atoms with E-state index in [9.17, 15) is 0 Å². The van der Waals surface area contributed by atoms with E-state index in [4.69, 9.17) is 5.10 Å². The molecule has 0 spiro atoms. The quantitative estimate of drug-likeness (QED) is 0.705. The van der Waals surface area contributed by atoms with Crippen LogP contribution >= 0.6 is 0 Å². The largest absolute Gasteiger partial charge is 0.266 e. The number of nitrogens with zero attached hydrogens (tertiary/aromatic N) is 2. The van der Waals surface area contributed by atoms with Gasteiger partial charge in [-0.25, -0.2) is 0 Å². The van der Waals surface area contributed by atoms with E-state index in [0.717, 1.165) is 0 Å². The van der Waals surface area contributed by atoms with Gasteiger partial charge in [-0.1, -0.05) is 57.5 Å². The van der Waals surface area contributed by atoms with E-state index >= 15 is 0 Å².